The molecule has 1 aromatic carbocycles. The number of nitrogens with two attached hydrogens (primary N) is 1. The predicted molar refractivity (Wildman–Crippen MR) is 79.1 cm³/mol. The summed E-state index contributed by atoms with van der Waals surface area (Å²) in [5.74, 6) is 1.00. The summed E-state index contributed by atoms with van der Waals surface area (Å²) in [5, 5.41) is 9.42. The van der Waals surface area contributed by atoms with Gasteiger partial charge in [0.05, 0.1) is 5.69 Å². The van der Waals surface area contributed by atoms with Gasteiger partial charge in [0, 0.05) is 13.1 Å². The van der Waals surface area contributed by atoms with Crippen LogP contribution in [0.1, 0.15) is 18.4 Å². The van der Waals surface area contributed by atoms with Crippen molar-refractivity contribution in [1.82, 2.24) is 9.80 Å². The van der Waals surface area contributed by atoms with E-state index in [1.165, 1.54) is 24.9 Å². The van der Waals surface area contributed by atoms with E-state index in [4.69, 9.17) is 5.73 Å². The number of hydrogen-bond donors (Lipinski definition) is 2. The van der Waals surface area contributed by atoms with Crippen molar-refractivity contribution in [1.29, 1.82) is 0 Å². The molecule has 4 heteroatoms. The van der Waals surface area contributed by atoms with Gasteiger partial charge >= 0.3 is 0 Å². The molecule has 0 atom stereocenters. The molecule has 0 aliphatic carbocycles. The van der Waals surface area contributed by atoms with Gasteiger partial charge in [0.1, 0.15) is 5.75 Å². The molecule has 1 aliphatic rings. The molecule has 1 aromatic rings. The highest BCUT2D eigenvalue weighted by Gasteiger charge is 2.19. The fourth-order valence-corrected chi connectivity index (χ4v) is 2.80. The van der Waals surface area contributed by atoms with Crippen LogP contribution in [0.4, 0.5) is 5.69 Å². The van der Waals surface area contributed by atoms with E-state index in [9.17, 15) is 5.11 Å². The average molecular weight is 263 g/mol. The van der Waals surface area contributed by atoms with Crippen molar-refractivity contribution < 1.29 is 5.11 Å². The predicted octanol–water partition coefficient (Wildman–Crippen LogP) is 1.75. The van der Waals surface area contributed by atoms with Crippen molar-refractivity contribution >= 4 is 5.69 Å². The van der Waals surface area contributed by atoms with Gasteiger partial charge in [-0.1, -0.05) is 6.07 Å². The summed E-state index contributed by atoms with van der Waals surface area (Å²) < 4.78 is 0. The lowest BCUT2D eigenvalue weighted by Crippen LogP contribution is -2.36. The molecule has 1 saturated heterocycles. The summed E-state index contributed by atoms with van der Waals surface area (Å²) in [4.78, 5) is 4.75. The van der Waals surface area contributed by atoms with E-state index in [2.05, 4.69) is 23.9 Å². The van der Waals surface area contributed by atoms with Crippen LogP contribution in [-0.4, -0.2) is 48.6 Å². The van der Waals surface area contributed by atoms with Crippen LogP contribution in [0, 0.1) is 5.92 Å². The summed E-state index contributed by atoms with van der Waals surface area (Å²) in [5.41, 5.74) is 7.38. The van der Waals surface area contributed by atoms with Crippen LogP contribution in [0.3, 0.4) is 0 Å². The van der Waals surface area contributed by atoms with E-state index >= 15 is 0 Å². The third-order valence-electron chi connectivity index (χ3n) is 3.83. The standard InChI is InChI=1S/C15H25N3O/c1-17(2)10-12-5-7-18(8-6-12)11-13-3-4-15(19)14(16)9-13/h3-4,9,12,19H,5-8,10-11,16H2,1-2H3. The Morgan fingerprint density at radius 1 is 1.32 bits per heavy atom. The summed E-state index contributed by atoms with van der Waals surface area (Å²) in [7, 11) is 4.29. The number of anilines is 1. The fraction of sp³-hybridized carbons (Fsp3) is 0.600. The third kappa shape index (κ3) is 4.11. The Morgan fingerprint density at radius 2 is 2.00 bits per heavy atom. The molecule has 3 N–H and O–H groups in total. The van der Waals surface area contributed by atoms with Gasteiger partial charge in [0.25, 0.3) is 0 Å². The Morgan fingerprint density at radius 3 is 2.58 bits per heavy atom. The highest BCUT2D eigenvalue weighted by Crippen LogP contribution is 2.23. The quantitative estimate of drug-likeness (QED) is 0.642. The molecule has 2 rings (SSSR count). The molecule has 0 amide bonds. The van der Waals surface area contributed by atoms with Gasteiger partial charge in [0.15, 0.2) is 0 Å². The van der Waals surface area contributed by atoms with E-state index < -0.39 is 0 Å². The van der Waals surface area contributed by atoms with Crippen molar-refractivity contribution in [2.75, 3.05) is 39.5 Å². The molecule has 1 aliphatic heterocycles. The topological polar surface area (TPSA) is 52.7 Å². The number of piperidine rings is 1. The molecule has 0 unspecified atom stereocenters. The molecule has 1 heterocycles. The first-order chi connectivity index (χ1) is 9.04. The molecule has 0 aromatic heterocycles. The Kier molecular flexibility index (Phi) is 4.66. The minimum atomic E-state index is 0.174. The monoisotopic (exact) mass is 263 g/mol. The van der Waals surface area contributed by atoms with Gasteiger partial charge in [-0.05, 0) is 63.6 Å². The van der Waals surface area contributed by atoms with E-state index in [1.54, 1.807) is 6.07 Å². The number of likely N-dealkylation sites (tertiary alicyclic amines) is 1. The van der Waals surface area contributed by atoms with Gasteiger partial charge in [-0.3, -0.25) is 4.90 Å². The largest absolute Gasteiger partial charge is 0.506 e. The molecule has 0 saturated carbocycles. The highest BCUT2D eigenvalue weighted by atomic mass is 16.3. The lowest BCUT2D eigenvalue weighted by atomic mass is 9.96. The highest BCUT2D eigenvalue weighted by molar-refractivity contribution is 5.53. The maximum Gasteiger partial charge on any atom is 0.138 e. The van der Waals surface area contributed by atoms with Crippen LogP contribution in [0.2, 0.25) is 0 Å². The van der Waals surface area contributed by atoms with Crippen LogP contribution in [0.25, 0.3) is 0 Å². The Labute approximate surface area is 115 Å². The average Bonchev–Trinajstić information content (AvgIpc) is 2.36. The number of phenolic OH excluding ortho intramolecular Hbond substituents is 1. The van der Waals surface area contributed by atoms with E-state index in [0.717, 1.165) is 25.6 Å². The zero-order valence-corrected chi connectivity index (χ0v) is 12.0. The maximum absolute atomic E-state index is 9.42. The molecule has 19 heavy (non-hydrogen) atoms. The van der Waals surface area contributed by atoms with Gasteiger partial charge < -0.3 is 15.7 Å². The molecule has 0 spiro atoms. The van der Waals surface area contributed by atoms with Crippen LogP contribution < -0.4 is 5.73 Å². The number of nitrogens with zero attached hydrogens (tertiary/aromatic N) is 2. The van der Waals surface area contributed by atoms with E-state index in [0.29, 0.717) is 5.69 Å². The van der Waals surface area contributed by atoms with Crippen molar-refractivity contribution in [3.63, 3.8) is 0 Å². The van der Waals surface area contributed by atoms with E-state index in [1.807, 2.05) is 12.1 Å². The molecule has 106 valence electrons. The summed E-state index contributed by atoms with van der Waals surface area (Å²) >= 11 is 0. The maximum atomic E-state index is 9.42. The molecule has 0 bridgehead atoms. The second-order valence-electron chi connectivity index (χ2n) is 5.87. The minimum absolute atomic E-state index is 0.174. The van der Waals surface area contributed by atoms with Crippen molar-refractivity contribution in [3.8, 4) is 5.75 Å². The molecular formula is C15H25N3O. The molecule has 0 radical (unpaired) electrons. The smallest absolute Gasteiger partial charge is 0.138 e. The second-order valence-corrected chi connectivity index (χ2v) is 5.87. The van der Waals surface area contributed by atoms with Crippen molar-refractivity contribution in [2.24, 2.45) is 5.92 Å². The van der Waals surface area contributed by atoms with Gasteiger partial charge in [-0.15, -0.1) is 0 Å². The van der Waals surface area contributed by atoms with E-state index in [-0.39, 0.29) is 5.75 Å². The Hall–Kier alpha value is -1.26. The Bertz CT molecular complexity index is 412. The molecular weight excluding hydrogens is 238 g/mol. The van der Waals surface area contributed by atoms with Crippen LogP contribution in [0.15, 0.2) is 18.2 Å². The number of benzene rings is 1. The lowest BCUT2D eigenvalue weighted by molar-refractivity contribution is 0.157. The van der Waals surface area contributed by atoms with Gasteiger partial charge in [-0.25, -0.2) is 0 Å². The number of rotatable bonds is 4. The summed E-state index contributed by atoms with van der Waals surface area (Å²) in [6, 6.07) is 5.52. The Balaban J connectivity index is 1.83. The summed E-state index contributed by atoms with van der Waals surface area (Å²) in [6.07, 6.45) is 2.54. The number of hydrogen-bond acceptors (Lipinski definition) is 4. The number of nitrogen functional groups attached to an aromatic ring is 1. The van der Waals surface area contributed by atoms with Crippen molar-refractivity contribution in [3.05, 3.63) is 23.8 Å². The van der Waals surface area contributed by atoms with Gasteiger partial charge in [-0.2, -0.15) is 0 Å². The number of aromatic hydroxyl groups is 1. The van der Waals surface area contributed by atoms with Crippen molar-refractivity contribution in [2.45, 2.75) is 19.4 Å². The first kappa shape index (κ1) is 14.2. The molecule has 1 fully saturated rings. The normalized spacial score (nSPS) is 18.1. The first-order valence-corrected chi connectivity index (χ1v) is 6.99. The first-order valence-electron chi connectivity index (χ1n) is 6.99. The second kappa shape index (κ2) is 6.26. The van der Waals surface area contributed by atoms with Crippen LogP contribution in [0.5, 0.6) is 5.75 Å². The zero-order valence-electron chi connectivity index (χ0n) is 12.0. The zero-order chi connectivity index (χ0) is 13.8. The van der Waals surface area contributed by atoms with Crippen LogP contribution in [-0.2, 0) is 6.54 Å². The fourth-order valence-electron chi connectivity index (χ4n) is 2.80. The summed E-state index contributed by atoms with van der Waals surface area (Å²) in [6.45, 7) is 4.43. The van der Waals surface area contributed by atoms with Crippen LogP contribution >= 0.6 is 0 Å². The SMILES string of the molecule is CN(C)CC1CCN(Cc2ccc(O)c(N)c2)CC1. The minimum Gasteiger partial charge on any atom is -0.506 e. The molecule has 4 nitrogen and oxygen atoms in total. The number of phenols is 1. The van der Waals surface area contributed by atoms with Gasteiger partial charge in [0.2, 0.25) is 0 Å². The lowest BCUT2D eigenvalue weighted by Gasteiger charge is -2.33. The third-order valence-corrected chi connectivity index (χ3v) is 3.83.